The van der Waals surface area contributed by atoms with Gasteiger partial charge in [0.05, 0.1) is 22.9 Å². The molecule has 1 N–H and O–H groups in total. The lowest BCUT2D eigenvalue weighted by molar-refractivity contribution is -0.209. The minimum absolute atomic E-state index is 0.0713. The minimum atomic E-state index is -5.18. The highest BCUT2D eigenvalue weighted by atomic mass is 19.4. The van der Waals surface area contributed by atoms with E-state index in [2.05, 4.69) is 4.74 Å². The van der Waals surface area contributed by atoms with Crippen LogP contribution in [0, 0.1) is 11.3 Å². The number of aliphatic hydroxyl groups excluding tert-OH is 1. The van der Waals surface area contributed by atoms with Gasteiger partial charge < -0.3 is 9.84 Å². The molecule has 1 saturated heterocycles. The molecule has 2 rings (SSSR count). The number of hydrogen-bond donors (Lipinski definition) is 1. The molecule has 0 unspecified atom stereocenters. The molecule has 0 bridgehead atoms. The summed E-state index contributed by atoms with van der Waals surface area (Å²) in [6.45, 7) is -0.951. The van der Waals surface area contributed by atoms with Crippen molar-refractivity contribution in [1.29, 1.82) is 5.26 Å². The van der Waals surface area contributed by atoms with Crippen LogP contribution in [0.1, 0.15) is 11.1 Å². The van der Waals surface area contributed by atoms with Gasteiger partial charge in [0, 0.05) is 0 Å². The van der Waals surface area contributed by atoms with Gasteiger partial charge in [-0.15, -0.1) is 0 Å². The largest absolute Gasteiger partial charge is 0.447 e. The maximum absolute atomic E-state index is 13.2. The SMILES string of the molecule is N#Cc1cccc(N2C(=O)OC[C@@H]2[C@@H](O)C(F)(F)F)c1C(F)(F)F. The number of alkyl halides is 6. The second-order valence-electron chi connectivity index (χ2n) is 4.81. The average Bonchev–Trinajstić information content (AvgIpc) is 2.85. The zero-order valence-electron chi connectivity index (χ0n) is 11.5. The summed E-state index contributed by atoms with van der Waals surface area (Å²) < 4.78 is 82.1. The summed E-state index contributed by atoms with van der Waals surface area (Å²) in [6, 6.07) is 1.68. The van der Waals surface area contributed by atoms with Crippen LogP contribution in [-0.2, 0) is 10.9 Å². The first-order chi connectivity index (χ1) is 11.0. The maximum Gasteiger partial charge on any atom is 0.419 e. The van der Waals surface area contributed by atoms with Crippen LogP contribution in [0.4, 0.5) is 36.8 Å². The molecule has 0 aromatic heterocycles. The molecule has 1 aromatic carbocycles. The third-order valence-electron chi connectivity index (χ3n) is 3.31. The van der Waals surface area contributed by atoms with Gasteiger partial charge in [-0.3, -0.25) is 4.90 Å². The molecule has 11 heteroatoms. The van der Waals surface area contributed by atoms with E-state index in [-0.39, 0.29) is 4.90 Å². The Hall–Kier alpha value is -2.48. The number of ether oxygens (including phenoxy) is 1. The van der Waals surface area contributed by atoms with Crippen molar-refractivity contribution in [1.82, 2.24) is 0 Å². The van der Waals surface area contributed by atoms with E-state index in [4.69, 9.17) is 5.26 Å². The van der Waals surface area contributed by atoms with Crippen LogP contribution in [0.25, 0.3) is 0 Å². The molecular formula is C13H8F6N2O3. The molecule has 1 aromatic rings. The predicted octanol–water partition coefficient (Wildman–Crippen LogP) is 2.83. The number of aliphatic hydroxyl groups is 1. The lowest BCUT2D eigenvalue weighted by atomic mass is 10.0. The Morgan fingerprint density at radius 1 is 1.29 bits per heavy atom. The number of carbonyl (C=O) groups is 1. The van der Waals surface area contributed by atoms with Crippen LogP contribution in [-0.4, -0.2) is 36.1 Å². The molecule has 130 valence electrons. The third-order valence-corrected chi connectivity index (χ3v) is 3.31. The number of nitriles is 1. The molecule has 2 atom stereocenters. The van der Waals surface area contributed by atoms with Gasteiger partial charge in [0.25, 0.3) is 0 Å². The van der Waals surface area contributed by atoms with Crippen molar-refractivity contribution in [2.75, 3.05) is 11.5 Å². The van der Waals surface area contributed by atoms with E-state index in [1.807, 2.05) is 0 Å². The van der Waals surface area contributed by atoms with E-state index in [9.17, 15) is 36.2 Å². The number of amides is 1. The van der Waals surface area contributed by atoms with Crippen LogP contribution >= 0.6 is 0 Å². The molecule has 0 saturated carbocycles. The van der Waals surface area contributed by atoms with E-state index in [0.717, 1.165) is 18.2 Å². The van der Waals surface area contributed by atoms with Gasteiger partial charge in [-0.2, -0.15) is 31.6 Å². The zero-order chi connectivity index (χ0) is 18.3. The molecule has 24 heavy (non-hydrogen) atoms. The molecule has 1 amide bonds. The Morgan fingerprint density at radius 2 is 1.92 bits per heavy atom. The van der Waals surface area contributed by atoms with Gasteiger partial charge in [0.2, 0.25) is 0 Å². The highest BCUT2D eigenvalue weighted by Crippen LogP contribution is 2.42. The van der Waals surface area contributed by atoms with Crippen molar-refractivity contribution in [3.05, 3.63) is 29.3 Å². The number of benzene rings is 1. The monoisotopic (exact) mass is 354 g/mol. The number of cyclic esters (lactones) is 1. The Labute approximate surface area is 130 Å². The van der Waals surface area contributed by atoms with Crippen LogP contribution in [0.3, 0.4) is 0 Å². The number of halogens is 6. The number of hydrogen-bond acceptors (Lipinski definition) is 4. The second-order valence-corrected chi connectivity index (χ2v) is 4.81. The molecule has 5 nitrogen and oxygen atoms in total. The Balaban J connectivity index is 2.61. The van der Waals surface area contributed by atoms with Crippen molar-refractivity contribution >= 4 is 11.8 Å². The quantitative estimate of drug-likeness (QED) is 0.829. The number of carbonyl (C=O) groups excluding carboxylic acids is 1. The van der Waals surface area contributed by atoms with Gasteiger partial charge in [-0.1, -0.05) is 6.07 Å². The summed E-state index contributed by atoms with van der Waals surface area (Å²) >= 11 is 0. The summed E-state index contributed by atoms with van der Waals surface area (Å²) in [5, 5.41) is 18.1. The number of nitrogens with zero attached hydrogens (tertiary/aromatic N) is 2. The maximum atomic E-state index is 13.2. The third kappa shape index (κ3) is 3.09. The summed E-state index contributed by atoms with van der Waals surface area (Å²) in [4.78, 5) is 11.7. The molecule has 1 aliphatic rings. The summed E-state index contributed by atoms with van der Waals surface area (Å²) in [6.07, 6.45) is -14.9. The fourth-order valence-electron chi connectivity index (χ4n) is 2.30. The Kier molecular flexibility index (Phi) is 4.36. The first kappa shape index (κ1) is 17.9. The average molecular weight is 354 g/mol. The van der Waals surface area contributed by atoms with Crippen molar-refractivity contribution < 1.29 is 41.0 Å². The summed E-state index contributed by atoms with van der Waals surface area (Å²) in [7, 11) is 0. The normalized spacial score (nSPS) is 19.8. The first-order valence-electron chi connectivity index (χ1n) is 6.29. The van der Waals surface area contributed by atoms with E-state index >= 15 is 0 Å². The van der Waals surface area contributed by atoms with Crippen LogP contribution in [0.2, 0.25) is 0 Å². The molecule has 0 spiro atoms. The summed E-state index contributed by atoms with van der Waals surface area (Å²) in [5.41, 5.74) is -3.44. The van der Waals surface area contributed by atoms with E-state index in [1.54, 1.807) is 0 Å². The lowest BCUT2D eigenvalue weighted by Gasteiger charge is -2.29. The fourth-order valence-corrected chi connectivity index (χ4v) is 2.30. The van der Waals surface area contributed by atoms with Crippen molar-refractivity contribution in [3.63, 3.8) is 0 Å². The molecule has 0 aliphatic carbocycles. The van der Waals surface area contributed by atoms with Crippen molar-refractivity contribution in [2.45, 2.75) is 24.5 Å². The Bertz CT molecular complexity index is 694. The minimum Gasteiger partial charge on any atom is -0.447 e. The summed E-state index contributed by atoms with van der Waals surface area (Å²) in [5.74, 6) is 0. The molecule has 1 fully saturated rings. The number of rotatable bonds is 2. The van der Waals surface area contributed by atoms with Crippen molar-refractivity contribution in [3.8, 4) is 6.07 Å². The first-order valence-corrected chi connectivity index (χ1v) is 6.29. The van der Waals surface area contributed by atoms with Crippen molar-refractivity contribution in [2.24, 2.45) is 0 Å². The molecule has 0 radical (unpaired) electrons. The van der Waals surface area contributed by atoms with E-state index < -0.39 is 54.0 Å². The van der Waals surface area contributed by atoms with Crippen LogP contribution < -0.4 is 4.90 Å². The van der Waals surface area contributed by atoms with E-state index in [0.29, 0.717) is 0 Å². The van der Waals surface area contributed by atoms with Crippen LogP contribution in [0.5, 0.6) is 0 Å². The van der Waals surface area contributed by atoms with Gasteiger partial charge in [0.1, 0.15) is 12.6 Å². The second kappa shape index (κ2) is 5.86. The lowest BCUT2D eigenvalue weighted by Crippen LogP contribution is -2.49. The van der Waals surface area contributed by atoms with Gasteiger partial charge in [-0.05, 0) is 12.1 Å². The van der Waals surface area contributed by atoms with Gasteiger partial charge >= 0.3 is 18.4 Å². The topological polar surface area (TPSA) is 73.6 Å². The van der Waals surface area contributed by atoms with E-state index in [1.165, 1.54) is 6.07 Å². The Morgan fingerprint density at radius 3 is 2.42 bits per heavy atom. The van der Waals surface area contributed by atoms with Gasteiger partial charge in [0.15, 0.2) is 6.10 Å². The predicted molar refractivity (Wildman–Crippen MR) is 65.8 cm³/mol. The smallest absolute Gasteiger partial charge is 0.419 e. The molecule has 1 aliphatic heterocycles. The zero-order valence-corrected chi connectivity index (χ0v) is 11.5. The highest BCUT2D eigenvalue weighted by molar-refractivity contribution is 5.92. The standard InChI is InChI=1S/C13H8F6N2O3/c14-12(15,16)9-6(4-20)2-1-3-7(9)21-8(5-24-11(21)23)10(22)13(17,18)19/h1-3,8,10,22H,5H2/t8-,10-/m1/s1. The van der Waals surface area contributed by atoms with Gasteiger partial charge in [-0.25, -0.2) is 4.79 Å². The fraction of sp³-hybridized carbons (Fsp3) is 0.385. The molecular weight excluding hydrogens is 346 g/mol. The highest BCUT2D eigenvalue weighted by Gasteiger charge is 2.52. The number of anilines is 1. The van der Waals surface area contributed by atoms with Crippen LogP contribution in [0.15, 0.2) is 18.2 Å². The molecule has 1 heterocycles.